The van der Waals surface area contributed by atoms with Crippen LogP contribution < -0.4 is 5.32 Å². The van der Waals surface area contributed by atoms with Crippen molar-refractivity contribution in [3.63, 3.8) is 0 Å². The molecule has 72 valence electrons. The van der Waals surface area contributed by atoms with E-state index in [0.717, 1.165) is 5.69 Å². The largest absolute Gasteiger partial charge is 0.392 e. The zero-order valence-corrected chi connectivity index (χ0v) is 8.73. The minimum absolute atomic E-state index is 0.407. The zero-order valence-electron chi connectivity index (χ0n) is 7.22. The second-order valence-corrected chi connectivity index (χ2v) is 3.62. The van der Waals surface area contributed by atoms with Gasteiger partial charge in [0, 0.05) is 6.54 Å². The van der Waals surface area contributed by atoms with Crippen LogP contribution >= 0.6 is 23.2 Å². The molecule has 1 aromatic carbocycles. The first-order chi connectivity index (χ1) is 6.11. The van der Waals surface area contributed by atoms with E-state index < -0.39 is 6.10 Å². The van der Waals surface area contributed by atoms with Crippen LogP contribution in [-0.4, -0.2) is 17.8 Å². The molecule has 0 saturated carbocycles. The van der Waals surface area contributed by atoms with Gasteiger partial charge >= 0.3 is 0 Å². The molecule has 0 amide bonds. The van der Waals surface area contributed by atoms with Gasteiger partial charge in [0.25, 0.3) is 0 Å². The molecule has 0 spiro atoms. The van der Waals surface area contributed by atoms with Gasteiger partial charge in [0.05, 0.1) is 21.8 Å². The number of halogens is 2. The monoisotopic (exact) mass is 219 g/mol. The molecule has 0 unspecified atom stereocenters. The Labute approximate surface area is 87.5 Å². The lowest BCUT2D eigenvalue weighted by atomic mass is 10.3. The number of rotatable bonds is 3. The van der Waals surface area contributed by atoms with Crippen molar-refractivity contribution >= 4 is 28.9 Å². The molecule has 1 aromatic rings. The minimum Gasteiger partial charge on any atom is -0.392 e. The highest BCUT2D eigenvalue weighted by Gasteiger charge is 2.03. The summed E-state index contributed by atoms with van der Waals surface area (Å²) in [5, 5.41) is 13.0. The van der Waals surface area contributed by atoms with E-state index in [-0.39, 0.29) is 0 Å². The van der Waals surface area contributed by atoms with Crippen LogP contribution in [0.4, 0.5) is 5.69 Å². The van der Waals surface area contributed by atoms with Crippen molar-refractivity contribution in [1.29, 1.82) is 0 Å². The Hall–Kier alpha value is -0.440. The highest BCUT2D eigenvalue weighted by molar-refractivity contribution is 6.43. The Morgan fingerprint density at radius 2 is 2.15 bits per heavy atom. The van der Waals surface area contributed by atoms with E-state index in [4.69, 9.17) is 28.3 Å². The Balaban J connectivity index is 2.71. The van der Waals surface area contributed by atoms with Crippen molar-refractivity contribution in [1.82, 2.24) is 0 Å². The Bertz CT molecular complexity index is 289. The second-order valence-electron chi connectivity index (χ2n) is 2.83. The normalized spacial score (nSPS) is 12.6. The molecule has 1 rings (SSSR count). The van der Waals surface area contributed by atoms with E-state index in [0.29, 0.717) is 16.6 Å². The van der Waals surface area contributed by atoms with Crippen molar-refractivity contribution < 1.29 is 5.11 Å². The molecule has 0 radical (unpaired) electrons. The fourth-order valence-electron chi connectivity index (χ4n) is 0.898. The van der Waals surface area contributed by atoms with Gasteiger partial charge in [-0.15, -0.1) is 0 Å². The molecule has 0 bridgehead atoms. The number of aliphatic hydroxyl groups excluding tert-OH is 1. The summed E-state index contributed by atoms with van der Waals surface area (Å²) < 4.78 is 0. The highest BCUT2D eigenvalue weighted by atomic mass is 35.5. The summed E-state index contributed by atoms with van der Waals surface area (Å²) in [5.41, 5.74) is 0.745. The fraction of sp³-hybridized carbons (Fsp3) is 0.333. The van der Waals surface area contributed by atoms with Gasteiger partial charge in [-0.05, 0) is 19.1 Å². The molecule has 2 nitrogen and oxygen atoms in total. The van der Waals surface area contributed by atoms with E-state index in [1.807, 2.05) is 6.07 Å². The van der Waals surface area contributed by atoms with Crippen LogP contribution in [0, 0.1) is 0 Å². The lowest BCUT2D eigenvalue weighted by Crippen LogP contribution is -2.15. The van der Waals surface area contributed by atoms with Crippen molar-refractivity contribution in [2.24, 2.45) is 0 Å². The van der Waals surface area contributed by atoms with Gasteiger partial charge in [0.1, 0.15) is 0 Å². The fourth-order valence-corrected chi connectivity index (χ4v) is 1.27. The quantitative estimate of drug-likeness (QED) is 0.820. The number of hydrogen-bond acceptors (Lipinski definition) is 2. The Morgan fingerprint density at radius 1 is 1.46 bits per heavy atom. The highest BCUT2D eigenvalue weighted by Crippen LogP contribution is 2.29. The molecule has 0 saturated heterocycles. The van der Waals surface area contributed by atoms with Crippen LogP contribution in [-0.2, 0) is 0 Å². The zero-order chi connectivity index (χ0) is 9.84. The van der Waals surface area contributed by atoms with Crippen molar-refractivity contribution in [2.45, 2.75) is 13.0 Å². The lowest BCUT2D eigenvalue weighted by molar-refractivity contribution is 0.208. The molecule has 13 heavy (non-hydrogen) atoms. The van der Waals surface area contributed by atoms with Gasteiger partial charge in [-0.25, -0.2) is 0 Å². The Kier molecular flexibility index (Phi) is 3.85. The van der Waals surface area contributed by atoms with Crippen LogP contribution in [0.15, 0.2) is 18.2 Å². The third-order valence-electron chi connectivity index (χ3n) is 1.54. The molecule has 4 heteroatoms. The van der Waals surface area contributed by atoms with Gasteiger partial charge in [-0.1, -0.05) is 29.3 Å². The summed E-state index contributed by atoms with van der Waals surface area (Å²) in [6.07, 6.45) is -0.407. The summed E-state index contributed by atoms with van der Waals surface area (Å²) >= 11 is 11.7. The first kappa shape index (κ1) is 10.6. The molecule has 2 N–H and O–H groups in total. The third-order valence-corrected chi connectivity index (χ3v) is 2.36. The minimum atomic E-state index is -0.407. The number of benzene rings is 1. The number of hydrogen-bond donors (Lipinski definition) is 2. The maximum atomic E-state index is 9.04. The van der Waals surface area contributed by atoms with Crippen LogP contribution in [0.5, 0.6) is 0 Å². The molecule has 0 fully saturated rings. The predicted octanol–water partition coefficient (Wildman–Crippen LogP) is 2.79. The molecule has 0 aliphatic rings. The predicted molar refractivity (Wildman–Crippen MR) is 56.6 cm³/mol. The second kappa shape index (κ2) is 4.70. The number of aliphatic hydroxyl groups is 1. The Morgan fingerprint density at radius 3 is 2.77 bits per heavy atom. The molecule has 0 aromatic heterocycles. The summed E-state index contributed by atoms with van der Waals surface area (Å²) in [6, 6.07) is 5.34. The average molecular weight is 220 g/mol. The summed E-state index contributed by atoms with van der Waals surface area (Å²) in [7, 11) is 0. The van der Waals surface area contributed by atoms with Crippen molar-refractivity contribution in [2.75, 3.05) is 11.9 Å². The third kappa shape index (κ3) is 3.07. The summed E-state index contributed by atoms with van der Waals surface area (Å²) in [4.78, 5) is 0. The van der Waals surface area contributed by atoms with Gasteiger partial charge in [0.2, 0.25) is 0 Å². The molecular formula is C9H11Cl2NO. The van der Waals surface area contributed by atoms with Crippen molar-refractivity contribution in [3.05, 3.63) is 28.2 Å². The lowest BCUT2D eigenvalue weighted by Gasteiger charge is -2.10. The van der Waals surface area contributed by atoms with Crippen LogP contribution in [0.25, 0.3) is 0 Å². The van der Waals surface area contributed by atoms with E-state index >= 15 is 0 Å². The molecule has 0 aliphatic carbocycles. The maximum Gasteiger partial charge on any atom is 0.0823 e. The summed E-state index contributed by atoms with van der Waals surface area (Å²) in [6.45, 7) is 2.16. The van der Waals surface area contributed by atoms with E-state index in [2.05, 4.69) is 5.32 Å². The molecule has 0 aliphatic heterocycles. The first-order valence-corrected chi connectivity index (χ1v) is 4.73. The molecular weight excluding hydrogens is 209 g/mol. The van der Waals surface area contributed by atoms with E-state index in [1.165, 1.54) is 0 Å². The van der Waals surface area contributed by atoms with Gasteiger partial charge < -0.3 is 10.4 Å². The standard InChI is InChI=1S/C9H11Cl2NO/c1-6(13)5-12-8-4-2-3-7(10)9(8)11/h2-4,6,12-13H,5H2,1H3/t6-/m0/s1. The van der Waals surface area contributed by atoms with Gasteiger partial charge in [-0.3, -0.25) is 0 Å². The molecule has 1 atom stereocenters. The molecule has 0 heterocycles. The van der Waals surface area contributed by atoms with Gasteiger partial charge in [-0.2, -0.15) is 0 Å². The van der Waals surface area contributed by atoms with Gasteiger partial charge in [0.15, 0.2) is 0 Å². The van der Waals surface area contributed by atoms with E-state index in [1.54, 1.807) is 19.1 Å². The first-order valence-electron chi connectivity index (χ1n) is 3.97. The maximum absolute atomic E-state index is 9.04. The van der Waals surface area contributed by atoms with E-state index in [9.17, 15) is 0 Å². The van der Waals surface area contributed by atoms with Crippen LogP contribution in [0.3, 0.4) is 0 Å². The summed E-state index contributed by atoms with van der Waals surface area (Å²) in [5.74, 6) is 0. The average Bonchev–Trinajstić information content (AvgIpc) is 2.07. The van der Waals surface area contributed by atoms with Crippen LogP contribution in [0.1, 0.15) is 6.92 Å². The number of anilines is 1. The van der Waals surface area contributed by atoms with Crippen LogP contribution in [0.2, 0.25) is 10.0 Å². The smallest absolute Gasteiger partial charge is 0.0823 e. The topological polar surface area (TPSA) is 32.3 Å². The number of nitrogens with one attached hydrogen (secondary N) is 1. The van der Waals surface area contributed by atoms with Crippen molar-refractivity contribution in [3.8, 4) is 0 Å². The SMILES string of the molecule is C[C@H](O)CNc1cccc(Cl)c1Cl.